The highest BCUT2D eigenvalue weighted by molar-refractivity contribution is 9.12. The number of rotatable bonds is 0. The standard InChI is InChI=1S/C7H5BrCl2O2/c1-6-5(10)3(8)2-4(9)7(6,11)12-6/h2,11H,1H3. The van der Waals surface area contributed by atoms with Crippen LogP contribution in [-0.4, -0.2) is 16.5 Å². The van der Waals surface area contributed by atoms with Crippen LogP contribution in [0.15, 0.2) is 20.6 Å². The second-order valence-electron chi connectivity index (χ2n) is 2.93. The molecule has 2 unspecified atom stereocenters. The summed E-state index contributed by atoms with van der Waals surface area (Å²) < 4.78 is 5.73. The van der Waals surface area contributed by atoms with Crippen molar-refractivity contribution in [1.29, 1.82) is 0 Å². The summed E-state index contributed by atoms with van der Waals surface area (Å²) >= 11 is 14.9. The molecule has 0 aromatic rings. The van der Waals surface area contributed by atoms with Crippen molar-refractivity contribution in [3.8, 4) is 0 Å². The van der Waals surface area contributed by atoms with E-state index in [1.807, 2.05) is 0 Å². The number of hydrogen-bond acceptors (Lipinski definition) is 2. The van der Waals surface area contributed by atoms with Crippen molar-refractivity contribution in [3.63, 3.8) is 0 Å². The quantitative estimate of drug-likeness (QED) is 0.687. The molecule has 0 aromatic heterocycles. The summed E-state index contributed by atoms with van der Waals surface area (Å²) in [4.78, 5) is 0. The van der Waals surface area contributed by atoms with Crippen molar-refractivity contribution in [2.24, 2.45) is 0 Å². The molecule has 2 atom stereocenters. The lowest BCUT2D eigenvalue weighted by Crippen LogP contribution is -2.26. The molecule has 1 fully saturated rings. The van der Waals surface area contributed by atoms with E-state index in [4.69, 9.17) is 27.9 Å². The summed E-state index contributed by atoms with van der Waals surface area (Å²) in [7, 11) is 0. The van der Waals surface area contributed by atoms with Gasteiger partial charge >= 0.3 is 0 Å². The monoisotopic (exact) mass is 270 g/mol. The Balaban J connectivity index is 2.55. The highest BCUT2D eigenvalue weighted by Crippen LogP contribution is 2.61. The molecule has 66 valence electrons. The molecule has 0 bridgehead atoms. The number of epoxide rings is 1. The number of allylic oxidation sites excluding steroid dienone is 2. The minimum atomic E-state index is -1.40. The van der Waals surface area contributed by atoms with E-state index >= 15 is 0 Å². The molecule has 12 heavy (non-hydrogen) atoms. The molecule has 0 amide bonds. The summed E-state index contributed by atoms with van der Waals surface area (Å²) in [5.41, 5.74) is -0.862. The molecule has 2 nitrogen and oxygen atoms in total. The Kier molecular flexibility index (Phi) is 1.71. The molecular formula is C7H5BrCl2O2. The van der Waals surface area contributed by atoms with Crippen LogP contribution in [0.1, 0.15) is 6.92 Å². The predicted molar refractivity (Wildman–Crippen MR) is 50.2 cm³/mol. The number of halogens is 3. The molecule has 1 N–H and O–H groups in total. The molecule has 1 aliphatic heterocycles. The summed E-state index contributed by atoms with van der Waals surface area (Å²) in [6, 6.07) is 0. The summed E-state index contributed by atoms with van der Waals surface area (Å²) in [6.45, 7) is 1.69. The smallest absolute Gasteiger partial charge is 0.239 e. The highest BCUT2D eigenvalue weighted by Gasteiger charge is 2.72. The lowest BCUT2D eigenvalue weighted by molar-refractivity contribution is 0.0781. The molecular weight excluding hydrogens is 267 g/mol. The first-order chi connectivity index (χ1) is 5.42. The largest absolute Gasteiger partial charge is 0.359 e. The number of aliphatic hydroxyl groups is 1. The van der Waals surface area contributed by atoms with Gasteiger partial charge in [0.15, 0.2) is 5.60 Å². The maximum Gasteiger partial charge on any atom is 0.239 e. The van der Waals surface area contributed by atoms with Gasteiger partial charge in [-0.2, -0.15) is 0 Å². The zero-order valence-corrected chi connectivity index (χ0v) is 9.16. The summed E-state index contributed by atoms with van der Waals surface area (Å²) in [6.07, 6.45) is 1.54. The van der Waals surface area contributed by atoms with Gasteiger partial charge in [-0.15, -0.1) is 0 Å². The Morgan fingerprint density at radius 2 is 2.17 bits per heavy atom. The average Bonchev–Trinajstić information content (AvgIpc) is 2.55. The van der Waals surface area contributed by atoms with Gasteiger partial charge in [0.05, 0.1) is 10.1 Å². The van der Waals surface area contributed by atoms with Gasteiger partial charge in [-0.3, -0.25) is 0 Å². The first-order valence-electron chi connectivity index (χ1n) is 3.28. The van der Waals surface area contributed by atoms with Crippen LogP contribution >= 0.6 is 39.1 Å². The van der Waals surface area contributed by atoms with E-state index in [0.717, 1.165) is 0 Å². The first kappa shape index (κ1) is 9.03. The third-order valence-electron chi connectivity index (χ3n) is 2.16. The van der Waals surface area contributed by atoms with Gasteiger partial charge in [0.1, 0.15) is 0 Å². The number of hydrogen-bond donors (Lipinski definition) is 1. The van der Waals surface area contributed by atoms with Crippen molar-refractivity contribution >= 4 is 39.1 Å². The van der Waals surface area contributed by atoms with Gasteiger partial charge < -0.3 is 9.84 Å². The fourth-order valence-corrected chi connectivity index (χ4v) is 2.53. The van der Waals surface area contributed by atoms with Gasteiger partial charge in [0.25, 0.3) is 0 Å². The van der Waals surface area contributed by atoms with Crippen LogP contribution in [0.3, 0.4) is 0 Å². The first-order valence-corrected chi connectivity index (χ1v) is 4.83. The molecule has 1 saturated heterocycles. The minimum absolute atomic E-state index is 0.251. The Labute approximate surface area is 87.9 Å². The molecule has 0 aromatic carbocycles. The second-order valence-corrected chi connectivity index (χ2v) is 4.57. The maximum absolute atomic E-state index is 9.70. The van der Waals surface area contributed by atoms with Gasteiger partial charge in [-0.1, -0.05) is 23.2 Å². The van der Waals surface area contributed by atoms with Crippen molar-refractivity contribution < 1.29 is 9.84 Å². The summed E-state index contributed by atoms with van der Waals surface area (Å²) in [5.74, 6) is -1.40. The van der Waals surface area contributed by atoms with E-state index in [0.29, 0.717) is 9.51 Å². The maximum atomic E-state index is 9.70. The zero-order valence-electron chi connectivity index (χ0n) is 6.07. The fraction of sp³-hybridized carbons (Fsp3) is 0.429. The molecule has 1 aliphatic carbocycles. The Morgan fingerprint density at radius 1 is 1.58 bits per heavy atom. The van der Waals surface area contributed by atoms with E-state index in [2.05, 4.69) is 15.9 Å². The van der Waals surface area contributed by atoms with Crippen molar-refractivity contribution in [1.82, 2.24) is 0 Å². The molecule has 0 saturated carbocycles. The Hall–Kier alpha value is 0.460. The van der Waals surface area contributed by atoms with Crippen molar-refractivity contribution in [2.45, 2.75) is 18.3 Å². The van der Waals surface area contributed by atoms with Gasteiger partial charge in [-0.05, 0) is 28.9 Å². The molecule has 0 spiro atoms. The molecule has 1 heterocycles. The number of ether oxygens (including phenoxy) is 1. The topological polar surface area (TPSA) is 32.8 Å². The predicted octanol–water partition coefficient (Wildman–Crippen LogP) is 2.45. The summed E-state index contributed by atoms with van der Waals surface area (Å²) in [5, 5.41) is 10.4. The van der Waals surface area contributed by atoms with Crippen LogP contribution in [0.25, 0.3) is 0 Å². The molecule has 2 rings (SSSR count). The third kappa shape index (κ3) is 0.836. The van der Waals surface area contributed by atoms with Crippen LogP contribution in [0.4, 0.5) is 0 Å². The molecule has 0 radical (unpaired) electrons. The van der Waals surface area contributed by atoms with Crippen LogP contribution in [0, 0.1) is 0 Å². The van der Waals surface area contributed by atoms with Crippen molar-refractivity contribution in [3.05, 3.63) is 20.6 Å². The third-order valence-corrected chi connectivity index (χ3v) is 3.95. The van der Waals surface area contributed by atoms with E-state index in [9.17, 15) is 5.11 Å². The fourth-order valence-electron chi connectivity index (χ4n) is 1.24. The zero-order chi connectivity index (χ0) is 9.15. The van der Waals surface area contributed by atoms with Crippen molar-refractivity contribution in [2.75, 3.05) is 0 Å². The molecule has 5 heteroatoms. The van der Waals surface area contributed by atoms with Gasteiger partial charge in [0.2, 0.25) is 5.79 Å². The van der Waals surface area contributed by atoms with Gasteiger partial charge in [-0.25, -0.2) is 0 Å². The molecule has 2 aliphatic rings. The van der Waals surface area contributed by atoms with E-state index in [-0.39, 0.29) is 5.03 Å². The van der Waals surface area contributed by atoms with E-state index in [1.165, 1.54) is 0 Å². The lowest BCUT2D eigenvalue weighted by Gasteiger charge is -2.15. The highest BCUT2D eigenvalue weighted by atomic mass is 79.9. The minimum Gasteiger partial charge on any atom is -0.359 e. The number of fused-ring (bicyclic) bond motifs is 1. The van der Waals surface area contributed by atoms with Crippen LogP contribution in [-0.2, 0) is 4.74 Å². The van der Waals surface area contributed by atoms with Crippen LogP contribution in [0.2, 0.25) is 0 Å². The Bertz CT molecular complexity index is 325. The van der Waals surface area contributed by atoms with Crippen LogP contribution in [0.5, 0.6) is 0 Å². The van der Waals surface area contributed by atoms with E-state index in [1.54, 1.807) is 13.0 Å². The second kappa shape index (κ2) is 2.28. The Morgan fingerprint density at radius 3 is 2.75 bits per heavy atom. The van der Waals surface area contributed by atoms with Crippen LogP contribution < -0.4 is 0 Å². The lowest BCUT2D eigenvalue weighted by atomic mass is 9.99. The SMILES string of the molecule is CC12OC1(O)C(Cl)=CC(Br)=C2Cl. The average molecular weight is 272 g/mol. The van der Waals surface area contributed by atoms with Gasteiger partial charge in [0, 0.05) is 4.48 Å². The van der Waals surface area contributed by atoms with E-state index < -0.39 is 11.4 Å². The normalized spacial score (nSPS) is 45.6.